The van der Waals surface area contributed by atoms with Gasteiger partial charge in [0.2, 0.25) is 5.88 Å². The van der Waals surface area contributed by atoms with Crippen LogP contribution in [-0.4, -0.2) is 6.03 Å². The molecule has 2 rings (SSSR count). The zero-order valence-corrected chi connectivity index (χ0v) is 10.7. The van der Waals surface area contributed by atoms with Crippen LogP contribution in [0, 0.1) is 6.92 Å². The summed E-state index contributed by atoms with van der Waals surface area (Å²) in [5, 5.41) is 5.30. The van der Waals surface area contributed by atoms with E-state index in [9.17, 15) is 4.79 Å². The molecule has 1 aromatic heterocycles. The van der Waals surface area contributed by atoms with Crippen molar-refractivity contribution < 1.29 is 9.21 Å². The van der Waals surface area contributed by atoms with E-state index < -0.39 is 0 Å². The highest BCUT2D eigenvalue weighted by Gasteiger charge is 2.05. The summed E-state index contributed by atoms with van der Waals surface area (Å²) in [5.41, 5.74) is 1.83. The maximum atomic E-state index is 11.6. The van der Waals surface area contributed by atoms with Crippen LogP contribution in [0.1, 0.15) is 5.56 Å². The molecule has 0 saturated carbocycles. The largest absolute Gasteiger partial charge is 0.434 e. The minimum atomic E-state index is -0.336. The van der Waals surface area contributed by atoms with Gasteiger partial charge in [0.25, 0.3) is 0 Å². The highest BCUT2D eigenvalue weighted by Crippen LogP contribution is 2.18. The van der Waals surface area contributed by atoms with Crippen molar-refractivity contribution in [1.82, 2.24) is 0 Å². The lowest BCUT2D eigenvalue weighted by Crippen LogP contribution is -2.18. The Bertz CT molecular complexity index is 537. The quantitative estimate of drug-likeness (QED) is 0.880. The van der Waals surface area contributed by atoms with Gasteiger partial charge in [0.05, 0.1) is 0 Å². The van der Waals surface area contributed by atoms with Crippen molar-refractivity contribution in [2.45, 2.75) is 6.92 Å². The lowest BCUT2D eigenvalue weighted by Gasteiger charge is -2.05. The van der Waals surface area contributed by atoms with Crippen LogP contribution in [0.3, 0.4) is 0 Å². The van der Waals surface area contributed by atoms with E-state index in [1.54, 1.807) is 12.1 Å². The van der Waals surface area contributed by atoms with E-state index in [0.29, 0.717) is 10.6 Å². The van der Waals surface area contributed by atoms with Gasteiger partial charge >= 0.3 is 6.03 Å². The van der Waals surface area contributed by atoms with Crippen molar-refractivity contribution in [3.8, 4) is 0 Å². The molecule has 4 nitrogen and oxygen atoms in total. The number of halogens is 1. The first-order chi connectivity index (χ1) is 8.13. The molecule has 1 aromatic carbocycles. The van der Waals surface area contributed by atoms with Gasteiger partial charge in [-0.3, -0.25) is 5.32 Å². The second-order valence-electron chi connectivity index (χ2n) is 3.55. The number of carbonyl (C=O) groups excluding carboxylic acids is 1. The molecule has 1 heterocycles. The van der Waals surface area contributed by atoms with Gasteiger partial charge in [0.1, 0.15) is 0 Å². The third-order valence-corrected chi connectivity index (χ3v) is 2.51. The van der Waals surface area contributed by atoms with Crippen LogP contribution >= 0.6 is 15.9 Å². The predicted octanol–water partition coefficient (Wildman–Crippen LogP) is 3.99. The summed E-state index contributed by atoms with van der Waals surface area (Å²) in [6.07, 6.45) is 0. The number of anilines is 2. The molecule has 0 unspecified atom stereocenters. The Balaban J connectivity index is 1.98. The Morgan fingerprint density at radius 3 is 2.71 bits per heavy atom. The molecule has 88 valence electrons. The summed E-state index contributed by atoms with van der Waals surface area (Å²) < 4.78 is 5.73. The van der Waals surface area contributed by atoms with E-state index >= 15 is 0 Å². The number of aryl methyl sites for hydroxylation is 1. The van der Waals surface area contributed by atoms with Crippen LogP contribution in [0.25, 0.3) is 0 Å². The summed E-state index contributed by atoms with van der Waals surface area (Å²) in [7, 11) is 0. The van der Waals surface area contributed by atoms with Gasteiger partial charge in [-0.05, 0) is 46.6 Å². The van der Waals surface area contributed by atoms with E-state index in [1.807, 2.05) is 31.2 Å². The first-order valence-electron chi connectivity index (χ1n) is 5.03. The molecule has 2 aromatic rings. The Morgan fingerprint density at radius 2 is 2.06 bits per heavy atom. The van der Waals surface area contributed by atoms with Crippen molar-refractivity contribution in [3.63, 3.8) is 0 Å². The number of nitrogens with one attached hydrogen (secondary N) is 2. The van der Waals surface area contributed by atoms with Crippen LogP contribution in [0.5, 0.6) is 0 Å². The zero-order chi connectivity index (χ0) is 12.3. The first kappa shape index (κ1) is 11.7. The lowest BCUT2D eigenvalue weighted by atomic mass is 10.2. The third kappa shape index (κ3) is 3.35. The van der Waals surface area contributed by atoms with Gasteiger partial charge in [0.15, 0.2) is 4.67 Å². The highest BCUT2D eigenvalue weighted by atomic mass is 79.9. The van der Waals surface area contributed by atoms with Crippen LogP contribution in [0.4, 0.5) is 16.4 Å². The van der Waals surface area contributed by atoms with E-state index in [1.165, 1.54) is 0 Å². The van der Waals surface area contributed by atoms with Gasteiger partial charge in [-0.2, -0.15) is 0 Å². The molecular formula is C12H11BrN2O2. The standard InChI is InChI=1S/C12H11BrN2O2/c1-8-3-2-4-9(7-8)14-12(16)15-11-6-5-10(13)17-11/h2-7H,1H3,(H2,14,15,16). The minimum absolute atomic E-state index is 0.336. The fourth-order valence-electron chi connectivity index (χ4n) is 1.38. The zero-order valence-electron chi connectivity index (χ0n) is 9.16. The molecule has 0 aliphatic rings. The number of carbonyl (C=O) groups is 1. The molecule has 0 radical (unpaired) electrons. The molecule has 5 heteroatoms. The van der Waals surface area contributed by atoms with Crippen molar-refractivity contribution in [2.75, 3.05) is 10.6 Å². The van der Waals surface area contributed by atoms with Crippen LogP contribution in [0.15, 0.2) is 45.5 Å². The molecule has 17 heavy (non-hydrogen) atoms. The average molecular weight is 295 g/mol. The number of urea groups is 1. The summed E-state index contributed by atoms with van der Waals surface area (Å²) >= 11 is 3.16. The summed E-state index contributed by atoms with van der Waals surface area (Å²) in [6, 6.07) is 10.6. The number of benzene rings is 1. The fraction of sp³-hybridized carbons (Fsp3) is 0.0833. The van der Waals surface area contributed by atoms with Crippen LogP contribution < -0.4 is 10.6 Å². The molecular weight excluding hydrogens is 284 g/mol. The topological polar surface area (TPSA) is 54.3 Å². The number of furan rings is 1. The Hall–Kier alpha value is -1.75. The summed E-state index contributed by atoms with van der Waals surface area (Å²) in [4.78, 5) is 11.6. The number of hydrogen-bond acceptors (Lipinski definition) is 2. The SMILES string of the molecule is Cc1cccc(NC(=O)Nc2ccc(Br)o2)c1. The monoisotopic (exact) mass is 294 g/mol. The van der Waals surface area contributed by atoms with Crippen molar-refractivity contribution in [2.24, 2.45) is 0 Å². The van der Waals surface area contributed by atoms with E-state index in [4.69, 9.17) is 4.42 Å². The molecule has 0 bridgehead atoms. The average Bonchev–Trinajstić information content (AvgIpc) is 2.63. The van der Waals surface area contributed by atoms with Crippen molar-refractivity contribution >= 4 is 33.5 Å². The normalized spacial score (nSPS) is 10.0. The van der Waals surface area contributed by atoms with Crippen LogP contribution in [0.2, 0.25) is 0 Å². The van der Waals surface area contributed by atoms with Gasteiger partial charge < -0.3 is 9.73 Å². The molecule has 2 N–H and O–H groups in total. The number of hydrogen-bond donors (Lipinski definition) is 2. The lowest BCUT2D eigenvalue weighted by molar-refractivity contribution is 0.261. The van der Waals surface area contributed by atoms with E-state index in [2.05, 4.69) is 26.6 Å². The maximum Gasteiger partial charge on any atom is 0.326 e. The second-order valence-corrected chi connectivity index (χ2v) is 4.33. The van der Waals surface area contributed by atoms with E-state index in [-0.39, 0.29) is 6.03 Å². The van der Waals surface area contributed by atoms with Gasteiger partial charge in [0, 0.05) is 11.8 Å². The maximum absolute atomic E-state index is 11.6. The molecule has 0 saturated heterocycles. The Kier molecular flexibility index (Phi) is 3.49. The molecule has 0 aliphatic carbocycles. The molecule has 0 atom stereocenters. The second kappa shape index (κ2) is 5.05. The highest BCUT2D eigenvalue weighted by molar-refractivity contribution is 9.10. The van der Waals surface area contributed by atoms with Crippen LogP contribution in [-0.2, 0) is 0 Å². The Labute approximate surface area is 107 Å². The number of rotatable bonds is 2. The Morgan fingerprint density at radius 1 is 1.24 bits per heavy atom. The van der Waals surface area contributed by atoms with Crippen molar-refractivity contribution in [3.05, 3.63) is 46.6 Å². The molecule has 0 spiro atoms. The summed E-state index contributed by atoms with van der Waals surface area (Å²) in [5.74, 6) is 0.391. The fourth-order valence-corrected chi connectivity index (χ4v) is 1.69. The van der Waals surface area contributed by atoms with E-state index in [0.717, 1.165) is 11.3 Å². The molecule has 2 amide bonds. The number of amides is 2. The van der Waals surface area contributed by atoms with Gasteiger partial charge in [-0.25, -0.2) is 4.79 Å². The van der Waals surface area contributed by atoms with Gasteiger partial charge in [-0.15, -0.1) is 0 Å². The summed E-state index contributed by atoms with van der Waals surface area (Å²) in [6.45, 7) is 1.97. The third-order valence-electron chi connectivity index (χ3n) is 2.09. The first-order valence-corrected chi connectivity index (χ1v) is 5.83. The minimum Gasteiger partial charge on any atom is -0.434 e. The smallest absolute Gasteiger partial charge is 0.326 e. The molecule has 0 aliphatic heterocycles. The van der Waals surface area contributed by atoms with Gasteiger partial charge in [-0.1, -0.05) is 12.1 Å². The molecule has 0 fully saturated rings. The predicted molar refractivity (Wildman–Crippen MR) is 70.2 cm³/mol. The van der Waals surface area contributed by atoms with Crippen molar-refractivity contribution in [1.29, 1.82) is 0 Å².